The number of rotatable bonds is 1. The summed E-state index contributed by atoms with van der Waals surface area (Å²) in [5.74, 6) is -0.406. The lowest BCUT2D eigenvalue weighted by atomic mass is 10.1. The summed E-state index contributed by atoms with van der Waals surface area (Å²) in [6.07, 6.45) is 1.85. The molecule has 0 N–H and O–H groups in total. The van der Waals surface area contributed by atoms with Crippen LogP contribution in [0.25, 0.3) is 17.0 Å². The van der Waals surface area contributed by atoms with Crippen LogP contribution in [0.15, 0.2) is 42.0 Å². The molecule has 0 aliphatic carbocycles. The van der Waals surface area contributed by atoms with E-state index in [2.05, 4.69) is 4.98 Å². The van der Waals surface area contributed by atoms with E-state index in [4.69, 9.17) is 0 Å². The van der Waals surface area contributed by atoms with Crippen molar-refractivity contribution in [3.63, 3.8) is 0 Å². The molecule has 0 radical (unpaired) electrons. The fraction of sp³-hybridized carbons (Fsp3) is 0.133. The van der Waals surface area contributed by atoms with Gasteiger partial charge in [-0.05, 0) is 18.2 Å². The lowest BCUT2D eigenvalue weighted by Crippen LogP contribution is -2.23. The Bertz CT molecular complexity index is 719. The molecule has 1 aliphatic rings. The second kappa shape index (κ2) is 4.31. The Balaban J connectivity index is 2.02. The Kier molecular flexibility index (Phi) is 2.63. The molecule has 0 bridgehead atoms. The first-order valence-electron chi connectivity index (χ1n) is 6.02. The first-order valence-corrected chi connectivity index (χ1v) is 6.02. The maximum absolute atomic E-state index is 11.8. The zero-order chi connectivity index (χ0) is 13.4. The van der Waals surface area contributed by atoms with E-state index in [9.17, 15) is 9.59 Å². The zero-order valence-corrected chi connectivity index (χ0v) is 10.5. The smallest absolute Gasteiger partial charge is 0.256 e. The summed E-state index contributed by atoms with van der Waals surface area (Å²) in [5.41, 5.74) is 2.07. The highest BCUT2D eigenvalue weighted by molar-refractivity contribution is 6.15. The average molecular weight is 252 g/mol. The number of hydrogen-bond acceptors (Lipinski definition) is 3. The summed E-state index contributed by atoms with van der Waals surface area (Å²) in [4.78, 5) is 28.8. The van der Waals surface area contributed by atoms with Crippen molar-refractivity contribution in [2.75, 3.05) is 7.05 Å². The summed E-state index contributed by atoms with van der Waals surface area (Å²) in [6, 6.07) is 11.6. The average Bonchev–Trinajstić information content (AvgIpc) is 2.66. The van der Waals surface area contributed by atoms with Gasteiger partial charge in [0.15, 0.2) is 0 Å². The summed E-state index contributed by atoms with van der Waals surface area (Å²) in [5, 5.41) is 1.05. The molecule has 1 saturated heterocycles. The lowest BCUT2D eigenvalue weighted by Gasteiger charge is -2.03. The minimum Gasteiger partial charge on any atom is -0.282 e. The van der Waals surface area contributed by atoms with Crippen LogP contribution in [0.3, 0.4) is 0 Å². The Hall–Kier alpha value is -2.49. The van der Waals surface area contributed by atoms with E-state index in [0.29, 0.717) is 11.3 Å². The molecule has 4 heteroatoms. The van der Waals surface area contributed by atoms with Crippen molar-refractivity contribution in [2.45, 2.75) is 6.42 Å². The van der Waals surface area contributed by atoms with E-state index in [1.807, 2.05) is 36.4 Å². The molecule has 94 valence electrons. The summed E-state index contributed by atoms with van der Waals surface area (Å²) < 4.78 is 0. The Morgan fingerprint density at radius 2 is 1.95 bits per heavy atom. The van der Waals surface area contributed by atoms with Gasteiger partial charge in [0, 0.05) is 18.0 Å². The lowest BCUT2D eigenvalue weighted by molar-refractivity contribution is -0.135. The van der Waals surface area contributed by atoms with Gasteiger partial charge in [-0.15, -0.1) is 0 Å². The molecule has 1 aliphatic heterocycles. The third kappa shape index (κ3) is 2.01. The topological polar surface area (TPSA) is 50.3 Å². The largest absolute Gasteiger partial charge is 0.282 e. The molecule has 4 nitrogen and oxygen atoms in total. The fourth-order valence-corrected chi connectivity index (χ4v) is 2.14. The highest BCUT2D eigenvalue weighted by Gasteiger charge is 2.30. The number of fused-ring (bicyclic) bond motifs is 1. The van der Waals surface area contributed by atoms with Crippen molar-refractivity contribution in [3.05, 3.63) is 47.7 Å². The number of carbonyl (C=O) groups excluding carboxylic acids is 2. The number of likely N-dealkylation sites (tertiary alicyclic amines) is 1. The van der Waals surface area contributed by atoms with Gasteiger partial charge in [0.05, 0.1) is 17.6 Å². The predicted octanol–water partition coefficient (Wildman–Crippen LogP) is 2.01. The van der Waals surface area contributed by atoms with Crippen molar-refractivity contribution >= 4 is 28.8 Å². The van der Waals surface area contributed by atoms with Crippen LogP contribution in [0.5, 0.6) is 0 Å². The van der Waals surface area contributed by atoms with E-state index in [-0.39, 0.29) is 18.2 Å². The maximum atomic E-state index is 11.8. The standard InChI is InChI=1S/C15H12N2O2/c1-17-14(18)9-11(15(17)19)8-12-7-6-10-4-2-3-5-13(10)16-12/h2-8H,9H2,1H3/b11-8+. The second-order valence-corrected chi connectivity index (χ2v) is 4.53. The van der Waals surface area contributed by atoms with Gasteiger partial charge in [0.1, 0.15) is 0 Å². The molecule has 0 saturated carbocycles. The molecule has 2 amide bonds. The summed E-state index contributed by atoms with van der Waals surface area (Å²) in [6.45, 7) is 0. The Labute approximate surface area is 110 Å². The first-order chi connectivity index (χ1) is 9.15. The van der Waals surface area contributed by atoms with Crippen LogP contribution >= 0.6 is 0 Å². The number of amides is 2. The van der Waals surface area contributed by atoms with Gasteiger partial charge >= 0.3 is 0 Å². The molecule has 3 rings (SSSR count). The second-order valence-electron chi connectivity index (χ2n) is 4.53. The van der Waals surface area contributed by atoms with Gasteiger partial charge in [0.25, 0.3) is 5.91 Å². The molecule has 1 aromatic carbocycles. The summed E-state index contributed by atoms with van der Waals surface area (Å²) >= 11 is 0. The van der Waals surface area contributed by atoms with Crippen molar-refractivity contribution in [3.8, 4) is 0 Å². The number of pyridine rings is 1. The molecular formula is C15H12N2O2. The maximum Gasteiger partial charge on any atom is 0.256 e. The number of hydrogen-bond donors (Lipinski definition) is 0. The van der Waals surface area contributed by atoms with Crippen molar-refractivity contribution < 1.29 is 9.59 Å². The SMILES string of the molecule is CN1C(=O)C/C(=C\c2ccc3ccccc3n2)C1=O. The summed E-state index contributed by atoms with van der Waals surface area (Å²) in [7, 11) is 1.50. The van der Waals surface area contributed by atoms with Crippen LogP contribution in [0.2, 0.25) is 0 Å². The van der Waals surface area contributed by atoms with Crippen LogP contribution < -0.4 is 0 Å². The predicted molar refractivity (Wildman–Crippen MR) is 72.1 cm³/mol. The molecule has 2 aromatic rings. The molecule has 0 atom stereocenters. The zero-order valence-electron chi connectivity index (χ0n) is 10.5. The van der Waals surface area contributed by atoms with Crippen LogP contribution in [0, 0.1) is 0 Å². The van der Waals surface area contributed by atoms with Gasteiger partial charge in [-0.1, -0.05) is 24.3 Å². The number of imide groups is 1. The number of nitrogens with zero attached hydrogens (tertiary/aromatic N) is 2. The molecular weight excluding hydrogens is 240 g/mol. The van der Waals surface area contributed by atoms with Gasteiger partial charge in [0.2, 0.25) is 5.91 Å². The van der Waals surface area contributed by atoms with Gasteiger partial charge < -0.3 is 0 Å². The Morgan fingerprint density at radius 3 is 2.68 bits per heavy atom. The number of para-hydroxylation sites is 1. The number of carbonyl (C=O) groups is 2. The van der Waals surface area contributed by atoms with Crippen molar-refractivity contribution in [1.29, 1.82) is 0 Å². The van der Waals surface area contributed by atoms with Crippen LogP contribution in [-0.4, -0.2) is 28.7 Å². The molecule has 1 aromatic heterocycles. The molecule has 19 heavy (non-hydrogen) atoms. The van der Waals surface area contributed by atoms with E-state index in [1.165, 1.54) is 7.05 Å². The minimum absolute atomic E-state index is 0.157. The van der Waals surface area contributed by atoms with E-state index in [1.54, 1.807) is 6.08 Å². The molecule has 2 heterocycles. The molecule has 0 unspecified atom stereocenters. The van der Waals surface area contributed by atoms with Gasteiger partial charge in [-0.2, -0.15) is 0 Å². The number of benzene rings is 1. The molecule has 0 spiro atoms. The quantitative estimate of drug-likeness (QED) is 0.576. The fourth-order valence-electron chi connectivity index (χ4n) is 2.14. The van der Waals surface area contributed by atoms with Crippen LogP contribution in [-0.2, 0) is 9.59 Å². The minimum atomic E-state index is -0.236. The van der Waals surface area contributed by atoms with Gasteiger partial charge in [-0.25, -0.2) is 4.98 Å². The third-order valence-electron chi connectivity index (χ3n) is 3.24. The van der Waals surface area contributed by atoms with E-state index < -0.39 is 0 Å². The van der Waals surface area contributed by atoms with Crippen LogP contribution in [0.4, 0.5) is 0 Å². The van der Waals surface area contributed by atoms with Crippen LogP contribution in [0.1, 0.15) is 12.1 Å². The van der Waals surface area contributed by atoms with E-state index in [0.717, 1.165) is 15.8 Å². The normalized spacial score (nSPS) is 17.7. The highest BCUT2D eigenvalue weighted by atomic mass is 16.2. The van der Waals surface area contributed by atoms with Crippen molar-refractivity contribution in [1.82, 2.24) is 9.88 Å². The van der Waals surface area contributed by atoms with E-state index >= 15 is 0 Å². The number of aromatic nitrogens is 1. The molecule has 1 fully saturated rings. The first kappa shape index (κ1) is 11.6. The highest BCUT2D eigenvalue weighted by Crippen LogP contribution is 2.20. The third-order valence-corrected chi connectivity index (χ3v) is 3.24. The Morgan fingerprint density at radius 1 is 1.16 bits per heavy atom. The number of likely N-dealkylation sites (N-methyl/N-ethyl adjacent to an activating group) is 1. The van der Waals surface area contributed by atoms with Crippen molar-refractivity contribution in [2.24, 2.45) is 0 Å². The monoisotopic (exact) mass is 252 g/mol. The van der Waals surface area contributed by atoms with Gasteiger partial charge in [-0.3, -0.25) is 14.5 Å².